The van der Waals surface area contributed by atoms with Crippen molar-refractivity contribution in [1.82, 2.24) is 15.3 Å². The van der Waals surface area contributed by atoms with E-state index in [1.165, 1.54) is 0 Å². The van der Waals surface area contributed by atoms with Gasteiger partial charge in [0.15, 0.2) is 0 Å². The Labute approximate surface area is 170 Å². The number of likely N-dealkylation sites (N-methyl/N-ethyl adjacent to an activating group) is 1. The third-order valence-corrected chi connectivity index (χ3v) is 5.46. The van der Waals surface area contributed by atoms with Gasteiger partial charge in [-0.1, -0.05) is 37.3 Å². The Hall–Kier alpha value is -3.01. The van der Waals surface area contributed by atoms with Crippen molar-refractivity contribution in [2.24, 2.45) is 0 Å². The summed E-state index contributed by atoms with van der Waals surface area (Å²) in [4.78, 5) is 23.6. The number of benzene rings is 1. The zero-order valence-electron chi connectivity index (χ0n) is 16.9. The number of hydrogen-bond acceptors (Lipinski definition) is 5. The van der Waals surface area contributed by atoms with Crippen LogP contribution in [0.2, 0.25) is 0 Å². The highest BCUT2D eigenvalue weighted by Gasteiger charge is 2.51. The number of carbonyl (C=O) groups is 1. The second-order valence-corrected chi connectivity index (χ2v) is 7.28. The van der Waals surface area contributed by atoms with Crippen LogP contribution in [-0.4, -0.2) is 41.7 Å². The van der Waals surface area contributed by atoms with Crippen molar-refractivity contribution in [1.29, 1.82) is 5.26 Å². The number of halogens is 1. The van der Waals surface area contributed by atoms with Crippen molar-refractivity contribution >= 4 is 11.7 Å². The molecular weight excluding hydrogens is 369 g/mol. The first-order valence-electron chi connectivity index (χ1n) is 10.0. The fourth-order valence-electron chi connectivity index (χ4n) is 3.77. The minimum atomic E-state index is -0.939. The molecule has 2 aromatic rings. The number of nitrogens with zero attached hydrogens (tertiary/aromatic N) is 4. The highest BCUT2D eigenvalue weighted by atomic mass is 19.1. The SMILES string of the molecule is CCc1nc(C#N)cc(N(CC)CCNC(=O)C2(c3ccccc3)CC(F)C2)n1. The van der Waals surface area contributed by atoms with E-state index < -0.39 is 11.6 Å². The Bertz CT molecular complexity index is 890. The molecule has 1 aliphatic carbocycles. The van der Waals surface area contributed by atoms with Gasteiger partial charge in [-0.15, -0.1) is 0 Å². The molecule has 0 spiro atoms. The van der Waals surface area contributed by atoms with Crippen LogP contribution >= 0.6 is 0 Å². The van der Waals surface area contributed by atoms with Gasteiger partial charge in [0.1, 0.15) is 29.6 Å². The van der Waals surface area contributed by atoms with Gasteiger partial charge in [-0.2, -0.15) is 5.26 Å². The van der Waals surface area contributed by atoms with Crippen LogP contribution in [0.4, 0.5) is 10.2 Å². The molecule has 0 atom stereocenters. The lowest BCUT2D eigenvalue weighted by atomic mass is 9.62. The number of alkyl halides is 1. The van der Waals surface area contributed by atoms with Crippen molar-refractivity contribution in [2.45, 2.75) is 44.7 Å². The lowest BCUT2D eigenvalue weighted by Crippen LogP contribution is -2.55. The van der Waals surface area contributed by atoms with E-state index in [-0.39, 0.29) is 18.7 Å². The topological polar surface area (TPSA) is 81.9 Å². The Kier molecular flexibility index (Phi) is 6.42. The molecule has 1 aromatic carbocycles. The average molecular weight is 395 g/mol. The number of rotatable bonds is 8. The number of amides is 1. The van der Waals surface area contributed by atoms with E-state index in [1.54, 1.807) is 6.07 Å². The van der Waals surface area contributed by atoms with Gasteiger partial charge in [0.05, 0.1) is 5.41 Å². The number of carbonyl (C=O) groups excluding carboxylic acids is 1. The molecule has 0 radical (unpaired) electrons. The maximum Gasteiger partial charge on any atom is 0.230 e. The first-order chi connectivity index (χ1) is 14.0. The number of aromatic nitrogens is 2. The van der Waals surface area contributed by atoms with E-state index >= 15 is 0 Å². The molecule has 0 unspecified atom stereocenters. The summed E-state index contributed by atoms with van der Waals surface area (Å²) in [6, 6.07) is 13.2. The fourth-order valence-corrected chi connectivity index (χ4v) is 3.77. The predicted molar refractivity (Wildman–Crippen MR) is 109 cm³/mol. The van der Waals surface area contributed by atoms with Crippen LogP contribution in [0.15, 0.2) is 36.4 Å². The summed E-state index contributed by atoms with van der Waals surface area (Å²) in [6.45, 7) is 5.56. The Morgan fingerprint density at radius 3 is 2.62 bits per heavy atom. The Morgan fingerprint density at radius 2 is 2.03 bits per heavy atom. The highest BCUT2D eigenvalue weighted by molar-refractivity contribution is 5.89. The van der Waals surface area contributed by atoms with Crippen LogP contribution in [0, 0.1) is 11.3 Å². The van der Waals surface area contributed by atoms with Gasteiger partial charge < -0.3 is 10.2 Å². The summed E-state index contributed by atoms with van der Waals surface area (Å²) in [5, 5.41) is 12.2. The monoisotopic (exact) mass is 395 g/mol. The standard InChI is InChI=1S/C22H26FN5O/c1-3-19-26-18(15-24)12-20(27-19)28(4-2)11-10-25-21(29)22(13-17(23)14-22)16-8-6-5-7-9-16/h5-9,12,17H,3-4,10-11,13-14H2,1-2H3,(H,25,29). The Morgan fingerprint density at radius 1 is 1.31 bits per heavy atom. The zero-order valence-corrected chi connectivity index (χ0v) is 16.9. The van der Waals surface area contributed by atoms with E-state index in [4.69, 9.17) is 0 Å². The molecule has 7 heteroatoms. The van der Waals surface area contributed by atoms with Crippen molar-refractivity contribution in [3.05, 3.63) is 53.5 Å². The summed E-state index contributed by atoms with van der Waals surface area (Å²) in [5.41, 5.74) is 0.414. The molecule has 29 heavy (non-hydrogen) atoms. The van der Waals surface area contributed by atoms with Gasteiger partial charge in [-0.3, -0.25) is 4.79 Å². The van der Waals surface area contributed by atoms with E-state index in [9.17, 15) is 14.4 Å². The highest BCUT2D eigenvalue weighted by Crippen LogP contribution is 2.45. The first-order valence-corrected chi connectivity index (χ1v) is 10.0. The molecule has 152 valence electrons. The molecular formula is C22H26FN5O. The van der Waals surface area contributed by atoms with Crippen LogP contribution in [0.1, 0.15) is 43.8 Å². The third kappa shape index (κ3) is 4.37. The second kappa shape index (κ2) is 8.99. The lowest BCUT2D eigenvalue weighted by Gasteiger charge is -2.43. The molecule has 6 nitrogen and oxygen atoms in total. The van der Waals surface area contributed by atoms with Gasteiger partial charge >= 0.3 is 0 Å². The molecule has 1 aromatic heterocycles. The van der Waals surface area contributed by atoms with E-state index in [1.807, 2.05) is 49.1 Å². The molecule has 0 saturated heterocycles. The maximum absolute atomic E-state index is 13.7. The second-order valence-electron chi connectivity index (χ2n) is 7.28. The lowest BCUT2D eigenvalue weighted by molar-refractivity contribution is -0.132. The van der Waals surface area contributed by atoms with Gasteiger partial charge in [0.2, 0.25) is 5.91 Å². The Balaban J connectivity index is 1.66. The maximum atomic E-state index is 13.7. The molecule has 1 fully saturated rings. The van der Waals surface area contributed by atoms with Crippen molar-refractivity contribution in [3.8, 4) is 6.07 Å². The van der Waals surface area contributed by atoms with E-state index in [0.717, 1.165) is 5.56 Å². The predicted octanol–water partition coefficient (Wildman–Crippen LogP) is 2.92. The summed E-state index contributed by atoms with van der Waals surface area (Å²) in [7, 11) is 0. The van der Waals surface area contributed by atoms with Crippen LogP contribution in [0.5, 0.6) is 0 Å². The number of nitriles is 1. The molecule has 1 heterocycles. The number of aryl methyl sites for hydroxylation is 1. The van der Waals surface area contributed by atoms with Gasteiger partial charge in [0, 0.05) is 32.1 Å². The van der Waals surface area contributed by atoms with Crippen LogP contribution in [0.25, 0.3) is 0 Å². The largest absolute Gasteiger partial charge is 0.355 e. The normalized spacial score (nSPS) is 20.4. The van der Waals surface area contributed by atoms with Gasteiger partial charge in [-0.05, 0) is 25.3 Å². The summed E-state index contributed by atoms with van der Waals surface area (Å²) < 4.78 is 13.7. The van der Waals surface area contributed by atoms with Gasteiger partial charge in [0.25, 0.3) is 0 Å². The number of hydrogen-bond donors (Lipinski definition) is 1. The van der Waals surface area contributed by atoms with Crippen LogP contribution in [0.3, 0.4) is 0 Å². The summed E-state index contributed by atoms with van der Waals surface area (Å²) >= 11 is 0. The fraction of sp³-hybridized carbons (Fsp3) is 0.455. The first kappa shape index (κ1) is 20.7. The molecule has 1 saturated carbocycles. The van der Waals surface area contributed by atoms with Crippen molar-refractivity contribution < 1.29 is 9.18 Å². The summed E-state index contributed by atoms with van der Waals surface area (Å²) in [6.07, 6.45) is 0.141. The minimum absolute atomic E-state index is 0.136. The van der Waals surface area contributed by atoms with Crippen molar-refractivity contribution in [3.63, 3.8) is 0 Å². The molecule has 0 aliphatic heterocycles. The number of anilines is 1. The molecule has 0 bridgehead atoms. The van der Waals surface area contributed by atoms with Crippen molar-refractivity contribution in [2.75, 3.05) is 24.5 Å². The smallest absolute Gasteiger partial charge is 0.230 e. The average Bonchev–Trinajstić information content (AvgIpc) is 2.74. The summed E-state index contributed by atoms with van der Waals surface area (Å²) in [5.74, 6) is 1.16. The molecule has 1 amide bonds. The minimum Gasteiger partial charge on any atom is -0.355 e. The number of nitrogens with one attached hydrogen (secondary N) is 1. The quantitative estimate of drug-likeness (QED) is 0.743. The van der Waals surface area contributed by atoms with Crippen LogP contribution < -0.4 is 10.2 Å². The molecule has 3 rings (SSSR count). The van der Waals surface area contributed by atoms with Gasteiger partial charge in [-0.25, -0.2) is 14.4 Å². The zero-order chi connectivity index (χ0) is 20.9. The van der Waals surface area contributed by atoms with E-state index in [2.05, 4.69) is 21.4 Å². The van der Waals surface area contributed by atoms with Crippen LogP contribution in [-0.2, 0) is 16.6 Å². The third-order valence-electron chi connectivity index (χ3n) is 5.46. The molecule has 1 N–H and O–H groups in total. The van der Waals surface area contributed by atoms with E-state index in [0.29, 0.717) is 43.4 Å². The molecule has 1 aliphatic rings.